The minimum atomic E-state index is -0.516. The van der Waals surface area contributed by atoms with Gasteiger partial charge in [-0.15, -0.1) is 10.2 Å². The summed E-state index contributed by atoms with van der Waals surface area (Å²) in [6, 6.07) is 4.12. The number of fused-ring (bicyclic) bond motifs is 6. The molecule has 4 aliphatic carbocycles. The number of nitro benzene ring substituents is 1. The number of non-ortho nitro benzene ring substituents is 1. The van der Waals surface area contributed by atoms with Gasteiger partial charge in [0, 0.05) is 23.9 Å². The number of rotatable bonds is 6. The van der Waals surface area contributed by atoms with Crippen LogP contribution in [0.3, 0.4) is 0 Å². The van der Waals surface area contributed by atoms with Gasteiger partial charge in [0.25, 0.3) is 11.6 Å². The molecule has 4 N–H and O–H groups in total. The zero-order valence-electron chi connectivity index (χ0n) is 24.8. The molecule has 0 bridgehead atoms. The van der Waals surface area contributed by atoms with Crippen LogP contribution in [0.5, 0.6) is 5.88 Å². The van der Waals surface area contributed by atoms with E-state index in [-0.39, 0.29) is 52.6 Å². The number of aliphatic hydroxyl groups excluding tert-OH is 2. The van der Waals surface area contributed by atoms with E-state index in [1.165, 1.54) is 18.2 Å². The molecule has 0 spiro atoms. The Morgan fingerprint density at radius 3 is 2.62 bits per heavy atom. The molecule has 0 aliphatic heterocycles. The number of nitrogens with zero attached hydrogens (tertiary/aromatic N) is 3. The van der Waals surface area contributed by atoms with Gasteiger partial charge in [-0.2, -0.15) is 0 Å². The van der Waals surface area contributed by atoms with Gasteiger partial charge in [0.1, 0.15) is 0 Å². The first kappa shape index (κ1) is 29.2. The molecule has 10 atom stereocenters. The predicted octanol–water partition coefficient (Wildman–Crippen LogP) is 6.80. The Hall–Kier alpha value is -2.85. The molecule has 1 heterocycles. The third-order valence-electron chi connectivity index (χ3n) is 12.4. The topological polar surface area (TPSA) is 161 Å². The number of carbonyl (C=O) groups excluding carboxylic acids is 1. The summed E-state index contributed by atoms with van der Waals surface area (Å²) in [5.74, 6) is 1.88. The van der Waals surface area contributed by atoms with Crippen molar-refractivity contribution < 1.29 is 25.0 Å². The molecule has 4 saturated carbocycles. The molecular formula is C32H44N4O6. The molecule has 228 valence electrons. The largest absolute Gasteiger partial charge is 0.493 e. The number of carbonyl (C=O) groups is 1. The van der Waals surface area contributed by atoms with Gasteiger partial charge in [-0.05, 0) is 110 Å². The van der Waals surface area contributed by atoms with E-state index >= 15 is 0 Å². The van der Waals surface area contributed by atoms with Crippen LogP contribution in [-0.2, 0) is 4.79 Å². The van der Waals surface area contributed by atoms with Crippen LogP contribution in [0.25, 0.3) is 10.9 Å². The maximum Gasteiger partial charge on any atom is 0.271 e. The van der Waals surface area contributed by atoms with E-state index in [0.29, 0.717) is 52.8 Å². The number of aromatic amines is 1. The first-order valence-corrected chi connectivity index (χ1v) is 15.7. The molecule has 10 heteroatoms. The van der Waals surface area contributed by atoms with Crippen LogP contribution < -0.4 is 0 Å². The highest BCUT2D eigenvalue weighted by atomic mass is 16.6. The van der Waals surface area contributed by atoms with Crippen LogP contribution in [0.15, 0.2) is 28.4 Å². The molecule has 1 aromatic carbocycles. The average Bonchev–Trinajstić information content (AvgIpc) is 3.46. The number of nitro groups is 1. The number of hydrogen-bond donors (Lipinski definition) is 4. The Bertz CT molecular complexity index is 1410. The molecule has 4 aliphatic rings. The van der Waals surface area contributed by atoms with E-state index in [2.05, 4.69) is 36.0 Å². The van der Waals surface area contributed by atoms with Crippen LogP contribution in [0.2, 0.25) is 0 Å². The molecule has 4 fully saturated rings. The van der Waals surface area contributed by atoms with Gasteiger partial charge in [0.05, 0.1) is 22.6 Å². The second kappa shape index (κ2) is 10.7. The van der Waals surface area contributed by atoms with Crippen LogP contribution in [0, 0.1) is 56.5 Å². The molecule has 1 amide bonds. The highest BCUT2D eigenvalue weighted by Gasteiger charge is 2.62. The second-order valence-corrected chi connectivity index (χ2v) is 14.4. The highest BCUT2D eigenvalue weighted by Crippen LogP contribution is 2.68. The van der Waals surface area contributed by atoms with Crippen molar-refractivity contribution in [2.45, 2.75) is 97.2 Å². The van der Waals surface area contributed by atoms with E-state index in [0.717, 1.165) is 51.4 Å². The molecule has 0 radical (unpaired) electrons. The smallest absolute Gasteiger partial charge is 0.271 e. The van der Waals surface area contributed by atoms with Crippen molar-refractivity contribution in [2.24, 2.45) is 56.6 Å². The van der Waals surface area contributed by atoms with Crippen LogP contribution in [0.4, 0.5) is 11.4 Å². The van der Waals surface area contributed by atoms with E-state index in [9.17, 15) is 30.2 Å². The Labute approximate surface area is 246 Å². The number of azo groups is 1. The summed E-state index contributed by atoms with van der Waals surface area (Å²) in [6.07, 6.45) is 8.52. The van der Waals surface area contributed by atoms with E-state index < -0.39 is 4.92 Å². The van der Waals surface area contributed by atoms with Gasteiger partial charge in [-0.1, -0.05) is 20.8 Å². The summed E-state index contributed by atoms with van der Waals surface area (Å²) < 4.78 is 0. The lowest BCUT2D eigenvalue weighted by Gasteiger charge is -2.62. The van der Waals surface area contributed by atoms with Crippen molar-refractivity contribution in [1.29, 1.82) is 0 Å². The van der Waals surface area contributed by atoms with Crippen LogP contribution in [0.1, 0.15) is 85.0 Å². The van der Waals surface area contributed by atoms with Gasteiger partial charge in [-0.25, -0.2) is 0 Å². The number of nitrogens with one attached hydrogen (secondary N) is 1. The SMILES string of the molecule is C[C@@H](CCC(=O)N=Nc1c(O)[nH]c2cc([N+](=O)[O-])ccc12)[C@H]1CC[C@H]2[C@@H]3[C@H](O)C[C@H]4C[C@@H](O)CC[C@]4(C)[C@H]3CC[C@]12C. The van der Waals surface area contributed by atoms with Gasteiger partial charge >= 0.3 is 0 Å². The molecular weight excluding hydrogens is 536 g/mol. The number of benzene rings is 1. The molecule has 2 aromatic rings. The fourth-order valence-electron chi connectivity index (χ4n) is 10.3. The normalized spacial score (nSPS) is 38.6. The fraction of sp³-hybridized carbons (Fsp3) is 0.719. The van der Waals surface area contributed by atoms with Crippen molar-refractivity contribution in [3.8, 4) is 5.88 Å². The van der Waals surface area contributed by atoms with Crippen molar-refractivity contribution >= 4 is 28.2 Å². The number of amides is 1. The number of H-pyrrole nitrogens is 1. The molecule has 10 nitrogen and oxygen atoms in total. The Kier molecular flexibility index (Phi) is 7.45. The Balaban J connectivity index is 1.10. The summed E-state index contributed by atoms with van der Waals surface area (Å²) in [4.78, 5) is 25.9. The Morgan fingerprint density at radius 1 is 1.12 bits per heavy atom. The second-order valence-electron chi connectivity index (χ2n) is 14.4. The molecule has 42 heavy (non-hydrogen) atoms. The first-order chi connectivity index (χ1) is 19.9. The minimum absolute atomic E-state index is 0.0960. The van der Waals surface area contributed by atoms with Gasteiger partial charge in [0.15, 0.2) is 5.69 Å². The maximum atomic E-state index is 12.7. The predicted molar refractivity (Wildman–Crippen MR) is 157 cm³/mol. The third kappa shape index (κ3) is 4.75. The molecule has 0 saturated heterocycles. The summed E-state index contributed by atoms with van der Waals surface area (Å²) >= 11 is 0. The van der Waals surface area contributed by atoms with Crippen LogP contribution >= 0.6 is 0 Å². The van der Waals surface area contributed by atoms with Crippen molar-refractivity contribution in [3.63, 3.8) is 0 Å². The van der Waals surface area contributed by atoms with E-state index in [4.69, 9.17) is 0 Å². The number of hydrogen-bond acceptors (Lipinski definition) is 7. The summed E-state index contributed by atoms with van der Waals surface area (Å²) in [6.45, 7) is 7.11. The average molecular weight is 581 g/mol. The van der Waals surface area contributed by atoms with E-state index in [1.54, 1.807) is 0 Å². The summed E-state index contributed by atoms with van der Waals surface area (Å²) in [5.41, 5.74) is 0.684. The molecule has 0 unspecified atom stereocenters. The standard InChI is InChI=1S/C32H44N4O6/c1-17(4-9-27(39)34-35-29-21-6-5-19(36(41)42)16-25(21)33-30(29)40)22-7-8-23-28-24(11-13-32(22,23)3)31(2)12-10-20(37)14-18(31)15-26(28)38/h5-6,16-18,20,22-24,26,28,33,37-38,40H,4,7-15H2,1-3H3/t17-,18+,20-,22+,23-,24-,26+,28-,31-,32+/m0/s1. The number of aromatic hydroxyl groups is 1. The molecule has 6 rings (SSSR count). The lowest BCUT2D eigenvalue weighted by molar-refractivity contribution is -0.384. The van der Waals surface area contributed by atoms with Gasteiger partial charge in [-0.3, -0.25) is 14.9 Å². The minimum Gasteiger partial charge on any atom is -0.493 e. The number of aliphatic hydroxyl groups is 2. The summed E-state index contributed by atoms with van der Waals surface area (Å²) in [7, 11) is 0. The van der Waals surface area contributed by atoms with Gasteiger partial charge < -0.3 is 20.3 Å². The lowest BCUT2D eigenvalue weighted by Crippen LogP contribution is -2.58. The van der Waals surface area contributed by atoms with Crippen molar-refractivity contribution in [3.05, 3.63) is 28.3 Å². The lowest BCUT2D eigenvalue weighted by atomic mass is 9.43. The van der Waals surface area contributed by atoms with Gasteiger partial charge in [0.2, 0.25) is 5.88 Å². The quantitative estimate of drug-likeness (QED) is 0.167. The van der Waals surface area contributed by atoms with Crippen molar-refractivity contribution in [2.75, 3.05) is 0 Å². The van der Waals surface area contributed by atoms with Crippen molar-refractivity contribution in [1.82, 2.24) is 4.98 Å². The fourth-order valence-corrected chi connectivity index (χ4v) is 10.3. The van der Waals surface area contributed by atoms with E-state index in [1.807, 2.05) is 0 Å². The zero-order valence-corrected chi connectivity index (χ0v) is 24.8. The monoisotopic (exact) mass is 580 g/mol. The first-order valence-electron chi connectivity index (χ1n) is 15.7. The third-order valence-corrected chi connectivity index (χ3v) is 12.4. The number of aromatic nitrogens is 1. The molecule has 1 aromatic heterocycles. The maximum absolute atomic E-state index is 12.7. The summed E-state index contributed by atoms with van der Waals surface area (Å²) in [5, 5.41) is 51.4. The Morgan fingerprint density at radius 2 is 1.86 bits per heavy atom. The zero-order chi connectivity index (χ0) is 30.0. The van der Waals surface area contributed by atoms with Crippen LogP contribution in [-0.4, -0.2) is 43.3 Å². The highest BCUT2D eigenvalue weighted by molar-refractivity contribution is 5.95.